The van der Waals surface area contributed by atoms with Crippen LogP contribution in [0.4, 0.5) is 22.7 Å². The van der Waals surface area contributed by atoms with Gasteiger partial charge in [0.05, 0.1) is 31.8 Å². The number of primary amides is 2. The summed E-state index contributed by atoms with van der Waals surface area (Å²) in [6.45, 7) is 0. The first-order valence-corrected chi connectivity index (χ1v) is 11.0. The Bertz CT molecular complexity index is 1940. The molecule has 0 aliphatic carbocycles. The van der Waals surface area contributed by atoms with Gasteiger partial charge in [-0.2, -0.15) is 10.2 Å². The quantitative estimate of drug-likeness (QED) is 0.191. The smallest absolute Gasteiger partial charge is 0.301 e. The molecule has 0 aliphatic rings. The van der Waals surface area contributed by atoms with Crippen molar-refractivity contribution in [2.45, 2.75) is 0 Å². The number of non-ortho nitro benzene ring substituents is 2. The number of aromatic nitrogens is 6. The number of nitro benzene ring substituents is 4. The van der Waals surface area contributed by atoms with E-state index in [1.54, 1.807) is 0 Å². The first kappa shape index (κ1) is 26.6. The van der Waals surface area contributed by atoms with Crippen molar-refractivity contribution in [3.8, 4) is 11.4 Å². The van der Waals surface area contributed by atoms with Gasteiger partial charge < -0.3 is 11.5 Å². The molecule has 0 spiro atoms. The Morgan fingerprint density at radius 3 is 1.31 bits per heavy atom. The lowest BCUT2D eigenvalue weighted by molar-refractivity contribution is -0.394. The maximum absolute atomic E-state index is 12.2. The molecule has 0 saturated carbocycles. The monoisotopic (exact) mass is 578 g/mol. The number of hydrogen-bond donors (Lipinski definition) is 2. The Kier molecular flexibility index (Phi) is 5.91. The topological polar surface area (TPSA) is 320 Å². The third kappa shape index (κ3) is 4.08. The van der Waals surface area contributed by atoms with Crippen molar-refractivity contribution in [1.82, 2.24) is 29.5 Å². The van der Waals surface area contributed by atoms with Crippen LogP contribution in [-0.4, -0.2) is 61.0 Å². The number of nitrogens with zero attached hydrogens (tertiary/aromatic N) is 10. The minimum absolute atomic E-state index is 0.400. The number of amides is 2. The van der Waals surface area contributed by atoms with Gasteiger partial charge in [0, 0.05) is 12.1 Å². The van der Waals surface area contributed by atoms with E-state index < -0.39 is 99.3 Å². The van der Waals surface area contributed by atoms with E-state index in [-0.39, 0.29) is 0 Å². The molecule has 3 heterocycles. The highest BCUT2D eigenvalue weighted by Gasteiger charge is 2.30. The van der Waals surface area contributed by atoms with Crippen LogP contribution in [0.5, 0.6) is 0 Å². The predicted octanol–water partition coefficient (Wildman–Crippen LogP) is 0.985. The van der Waals surface area contributed by atoms with Gasteiger partial charge >= 0.3 is 11.4 Å². The van der Waals surface area contributed by atoms with Crippen molar-refractivity contribution in [1.29, 1.82) is 0 Å². The zero-order valence-corrected chi connectivity index (χ0v) is 20.2. The van der Waals surface area contributed by atoms with Gasteiger partial charge in [-0.1, -0.05) is 0 Å². The lowest BCUT2D eigenvalue weighted by Gasteiger charge is -2.06. The van der Waals surface area contributed by atoms with Gasteiger partial charge in [-0.05, 0) is 12.1 Å². The van der Waals surface area contributed by atoms with E-state index >= 15 is 0 Å². The standard InChI is InChI=1S/C20H10N12O10/c21-17(33)13-15-19(27(25-13)9-3-1-7(29(35)36)5-11(9)31(39)40)24-20-16(23-15)14(18(22)34)26-28(20)10-4-2-8(30(37)38)6-12(10)32(41)42/h1-6H,(H2,21,33)(H2,22,34). The average Bonchev–Trinajstić information content (AvgIpc) is 3.49. The molecule has 0 saturated heterocycles. The molecule has 2 aromatic carbocycles. The van der Waals surface area contributed by atoms with Gasteiger partial charge in [0.15, 0.2) is 22.7 Å². The molecule has 3 aromatic heterocycles. The SMILES string of the molecule is NC(=O)c1nn(-c2ccc([N+](=O)[O-])cc2[N+](=O)[O-])c2nc3c(nc12)c(C(N)=O)nn3-c1ccc([N+](=O)[O-])cc1[N+](=O)[O-]. The van der Waals surface area contributed by atoms with Crippen molar-refractivity contribution >= 4 is 56.9 Å². The van der Waals surface area contributed by atoms with Gasteiger partial charge in [0.2, 0.25) is 0 Å². The van der Waals surface area contributed by atoms with Crippen molar-refractivity contribution in [2.75, 3.05) is 0 Å². The molecule has 5 aromatic rings. The molecule has 0 atom stereocenters. The minimum Gasteiger partial charge on any atom is -0.364 e. The molecule has 0 radical (unpaired) electrons. The summed E-state index contributed by atoms with van der Waals surface area (Å²) in [7, 11) is 0. The normalized spacial score (nSPS) is 11.0. The highest BCUT2D eigenvalue weighted by Crippen LogP contribution is 2.33. The van der Waals surface area contributed by atoms with Gasteiger partial charge in [-0.3, -0.25) is 50.0 Å². The number of hydrogen-bond acceptors (Lipinski definition) is 14. The second-order valence-corrected chi connectivity index (χ2v) is 8.19. The zero-order valence-electron chi connectivity index (χ0n) is 20.2. The van der Waals surface area contributed by atoms with Crippen LogP contribution >= 0.6 is 0 Å². The molecule has 210 valence electrons. The molecule has 42 heavy (non-hydrogen) atoms. The minimum atomic E-state index is -1.18. The molecule has 0 unspecified atom stereocenters. The van der Waals surface area contributed by atoms with Crippen LogP contribution in [0.3, 0.4) is 0 Å². The summed E-state index contributed by atoms with van der Waals surface area (Å²) in [6.07, 6.45) is 0. The Hall–Kier alpha value is -7.00. The highest BCUT2D eigenvalue weighted by atomic mass is 16.6. The molecule has 22 nitrogen and oxygen atoms in total. The molecular formula is C20H10N12O10. The van der Waals surface area contributed by atoms with Gasteiger partial charge in [0.1, 0.15) is 22.4 Å². The van der Waals surface area contributed by atoms with Crippen LogP contribution in [0.1, 0.15) is 21.0 Å². The van der Waals surface area contributed by atoms with Gasteiger partial charge in [-0.25, -0.2) is 19.3 Å². The fourth-order valence-electron chi connectivity index (χ4n) is 3.99. The number of nitrogens with two attached hydrogens (primary N) is 2. The first-order chi connectivity index (χ1) is 19.8. The largest absolute Gasteiger partial charge is 0.364 e. The molecule has 4 N–H and O–H groups in total. The number of nitro groups is 4. The summed E-state index contributed by atoms with van der Waals surface area (Å²) in [5.41, 5.74) is 4.24. The molecule has 5 rings (SSSR count). The summed E-state index contributed by atoms with van der Waals surface area (Å²) in [4.78, 5) is 75.2. The Balaban J connectivity index is 1.91. The fraction of sp³-hybridized carbons (Fsp3) is 0. The Morgan fingerprint density at radius 1 is 0.619 bits per heavy atom. The van der Waals surface area contributed by atoms with Crippen molar-refractivity contribution < 1.29 is 29.3 Å². The third-order valence-corrected chi connectivity index (χ3v) is 5.77. The molecular weight excluding hydrogens is 568 g/mol. The van der Waals surface area contributed by atoms with Crippen LogP contribution in [0.25, 0.3) is 33.7 Å². The first-order valence-electron chi connectivity index (χ1n) is 11.0. The number of fused-ring (bicyclic) bond motifs is 2. The summed E-state index contributed by atoms with van der Waals surface area (Å²) >= 11 is 0. The van der Waals surface area contributed by atoms with Gasteiger partial charge in [0.25, 0.3) is 23.2 Å². The second-order valence-electron chi connectivity index (χ2n) is 8.19. The van der Waals surface area contributed by atoms with Gasteiger partial charge in [-0.15, -0.1) is 0 Å². The lowest BCUT2D eigenvalue weighted by atomic mass is 10.2. The number of benzene rings is 2. The van der Waals surface area contributed by atoms with Crippen LogP contribution in [-0.2, 0) is 0 Å². The van der Waals surface area contributed by atoms with Crippen LogP contribution < -0.4 is 11.5 Å². The van der Waals surface area contributed by atoms with Crippen molar-refractivity contribution in [3.05, 3.63) is 88.2 Å². The molecule has 2 amide bonds. The van der Waals surface area contributed by atoms with E-state index in [1.165, 1.54) is 0 Å². The van der Waals surface area contributed by atoms with Crippen LogP contribution in [0.2, 0.25) is 0 Å². The summed E-state index contributed by atoms with van der Waals surface area (Å²) in [5.74, 6) is -2.37. The molecule has 0 bridgehead atoms. The van der Waals surface area contributed by atoms with E-state index in [0.717, 1.165) is 33.6 Å². The average molecular weight is 578 g/mol. The number of carbonyl (C=O) groups is 2. The van der Waals surface area contributed by atoms with E-state index in [1.807, 2.05) is 0 Å². The molecule has 0 fully saturated rings. The summed E-state index contributed by atoms with van der Waals surface area (Å²) in [6, 6.07) is 5.00. The molecule has 0 aliphatic heterocycles. The van der Waals surface area contributed by atoms with Crippen molar-refractivity contribution in [2.24, 2.45) is 11.5 Å². The van der Waals surface area contributed by atoms with E-state index in [0.29, 0.717) is 12.1 Å². The van der Waals surface area contributed by atoms with E-state index in [4.69, 9.17) is 11.5 Å². The maximum atomic E-state index is 12.2. The lowest BCUT2D eigenvalue weighted by Crippen LogP contribution is -2.14. The maximum Gasteiger partial charge on any atom is 0.301 e. The second kappa shape index (κ2) is 9.33. The number of rotatable bonds is 8. The number of carbonyl (C=O) groups excluding carboxylic acids is 2. The summed E-state index contributed by atoms with van der Waals surface area (Å²) < 4.78 is 1.46. The zero-order chi connectivity index (χ0) is 30.6. The van der Waals surface area contributed by atoms with Crippen LogP contribution in [0, 0.1) is 40.5 Å². The third-order valence-electron chi connectivity index (χ3n) is 5.77. The fourth-order valence-corrected chi connectivity index (χ4v) is 3.99. The van der Waals surface area contributed by atoms with E-state index in [2.05, 4.69) is 20.2 Å². The summed E-state index contributed by atoms with van der Waals surface area (Å²) in [5, 5.41) is 53.8. The van der Waals surface area contributed by atoms with Crippen LogP contribution in [0.15, 0.2) is 36.4 Å². The predicted molar refractivity (Wildman–Crippen MR) is 135 cm³/mol. The molecule has 22 heteroatoms. The Morgan fingerprint density at radius 2 is 1.00 bits per heavy atom. The highest BCUT2D eigenvalue weighted by molar-refractivity contribution is 6.07. The Labute approximate surface area is 227 Å². The van der Waals surface area contributed by atoms with Crippen molar-refractivity contribution in [3.63, 3.8) is 0 Å². The van der Waals surface area contributed by atoms with E-state index in [9.17, 15) is 50.0 Å².